The van der Waals surface area contributed by atoms with E-state index in [9.17, 15) is 0 Å². The fourth-order valence-electron chi connectivity index (χ4n) is 1.80. The van der Waals surface area contributed by atoms with Gasteiger partial charge in [-0.05, 0) is 37.4 Å². The van der Waals surface area contributed by atoms with Gasteiger partial charge in [0, 0.05) is 11.8 Å². The maximum absolute atomic E-state index is 5.31. The second-order valence-electron chi connectivity index (χ2n) is 4.10. The first kappa shape index (κ1) is 11.1. The van der Waals surface area contributed by atoms with Gasteiger partial charge in [-0.3, -0.25) is 0 Å². The van der Waals surface area contributed by atoms with Gasteiger partial charge in [-0.15, -0.1) is 0 Å². The molecule has 2 nitrogen and oxygen atoms in total. The number of hydrogen-bond donors (Lipinski definition) is 1. The molecule has 1 N–H and O–H groups in total. The zero-order valence-corrected chi connectivity index (χ0v) is 10.1. The number of rotatable bonds is 7. The Labute approximate surface area is 95.8 Å². The number of thioether (sulfide) groups is 1. The highest BCUT2D eigenvalue weighted by atomic mass is 32.2. The average molecular weight is 225 g/mol. The fourth-order valence-corrected chi connectivity index (χ4v) is 2.93. The van der Waals surface area contributed by atoms with Gasteiger partial charge in [0.1, 0.15) is 5.76 Å². The van der Waals surface area contributed by atoms with Crippen molar-refractivity contribution in [3.05, 3.63) is 24.2 Å². The molecule has 1 heterocycles. The largest absolute Gasteiger partial charge is 0.468 e. The second kappa shape index (κ2) is 5.61. The van der Waals surface area contributed by atoms with Crippen LogP contribution in [-0.2, 0) is 5.75 Å². The molecule has 1 aromatic rings. The maximum Gasteiger partial charge on any atom is 0.113 e. The van der Waals surface area contributed by atoms with E-state index in [0.29, 0.717) is 0 Å². The third-order valence-electron chi connectivity index (χ3n) is 2.78. The molecule has 0 aromatic carbocycles. The van der Waals surface area contributed by atoms with Gasteiger partial charge in [0.25, 0.3) is 0 Å². The van der Waals surface area contributed by atoms with Crippen molar-refractivity contribution in [3.63, 3.8) is 0 Å². The Morgan fingerprint density at radius 1 is 1.60 bits per heavy atom. The topological polar surface area (TPSA) is 25.2 Å². The predicted octanol–water partition coefficient (Wildman–Crippen LogP) is 2.90. The molecule has 1 aliphatic carbocycles. The molecule has 1 atom stereocenters. The van der Waals surface area contributed by atoms with Gasteiger partial charge in [-0.1, -0.05) is 6.92 Å². The molecule has 1 fully saturated rings. The second-order valence-corrected chi connectivity index (χ2v) is 5.13. The van der Waals surface area contributed by atoms with Crippen molar-refractivity contribution in [3.8, 4) is 0 Å². The number of nitrogens with one attached hydrogen (secondary N) is 1. The Morgan fingerprint density at radius 3 is 3.07 bits per heavy atom. The summed E-state index contributed by atoms with van der Waals surface area (Å²) < 4.78 is 5.31. The van der Waals surface area contributed by atoms with Gasteiger partial charge in [-0.2, -0.15) is 11.8 Å². The number of hydrogen-bond acceptors (Lipinski definition) is 3. The number of furan rings is 1. The van der Waals surface area contributed by atoms with Crippen LogP contribution in [0.1, 0.15) is 25.5 Å². The Bertz CT molecular complexity index is 269. The highest BCUT2D eigenvalue weighted by Gasteiger charge is 2.30. The van der Waals surface area contributed by atoms with Crippen molar-refractivity contribution in [1.29, 1.82) is 0 Å². The van der Waals surface area contributed by atoms with Crippen LogP contribution in [0, 0.1) is 5.92 Å². The first-order valence-corrected chi connectivity index (χ1v) is 6.89. The van der Waals surface area contributed by atoms with E-state index >= 15 is 0 Å². The standard InChI is InChI=1S/C12H19NOS/c1-2-13-12(10-5-6-10)9-15-8-11-4-3-7-14-11/h3-4,7,10,12-13H,2,5-6,8-9H2,1H3. The van der Waals surface area contributed by atoms with E-state index in [-0.39, 0.29) is 0 Å². The lowest BCUT2D eigenvalue weighted by atomic mass is 10.2. The van der Waals surface area contributed by atoms with Crippen LogP contribution in [0.4, 0.5) is 0 Å². The molecule has 0 spiro atoms. The summed E-state index contributed by atoms with van der Waals surface area (Å²) in [4.78, 5) is 0. The molecule has 0 radical (unpaired) electrons. The lowest BCUT2D eigenvalue weighted by Crippen LogP contribution is -2.33. The average Bonchev–Trinajstić information content (AvgIpc) is 2.96. The molecule has 1 saturated carbocycles. The molecule has 84 valence electrons. The van der Waals surface area contributed by atoms with Crippen LogP contribution in [-0.4, -0.2) is 18.3 Å². The van der Waals surface area contributed by atoms with Gasteiger partial charge < -0.3 is 9.73 Å². The third-order valence-corrected chi connectivity index (χ3v) is 3.86. The van der Waals surface area contributed by atoms with Gasteiger partial charge in [0.2, 0.25) is 0 Å². The van der Waals surface area contributed by atoms with Crippen LogP contribution < -0.4 is 5.32 Å². The van der Waals surface area contributed by atoms with E-state index in [2.05, 4.69) is 12.2 Å². The normalized spacial score (nSPS) is 17.9. The van der Waals surface area contributed by atoms with Crippen LogP contribution in [0.2, 0.25) is 0 Å². The molecule has 15 heavy (non-hydrogen) atoms. The van der Waals surface area contributed by atoms with Crippen LogP contribution in [0.3, 0.4) is 0 Å². The fraction of sp³-hybridized carbons (Fsp3) is 0.667. The highest BCUT2D eigenvalue weighted by molar-refractivity contribution is 7.98. The van der Waals surface area contributed by atoms with Gasteiger partial charge in [0.05, 0.1) is 12.0 Å². The van der Waals surface area contributed by atoms with Crippen LogP contribution in [0.15, 0.2) is 22.8 Å². The summed E-state index contributed by atoms with van der Waals surface area (Å²) in [5.41, 5.74) is 0. The molecule has 2 rings (SSSR count). The van der Waals surface area contributed by atoms with Crippen molar-refractivity contribution in [2.45, 2.75) is 31.6 Å². The van der Waals surface area contributed by atoms with Crippen LogP contribution >= 0.6 is 11.8 Å². The molecular formula is C12H19NOS. The summed E-state index contributed by atoms with van der Waals surface area (Å²) in [5.74, 6) is 4.24. The summed E-state index contributed by atoms with van der Waals surface area (Å²) in [7, 11) is 0. The Balaban J connectivity index is 1.66. The molecule has 1 unspecified atom stereocenters. The zero-order chi connectivity index (χ0) is 10.5. The monoisotopic (exact) mass is 225 g/mol. The molecule has 3 heteroatoms. The van der Waals surface area contributed by atoms with Crippen molar-refractivity contribution in [2.75, 3.05) is 12.3 Å². The van der Waals surface area contributed by atoms with E-state index in [1.807, 2.05) is 23.9 Å². The third kappa shape index (κ3) is 3.58. The quantitative estimate of drug-likeness (QED) is 0.772. The van der Waals surface area contributed by atoms with Crippen LogP contribution in [0.25, 0.3) is 0 Å². The Hall–Kier alpha value is -0.410. The molecule has 0 aliphatic heterocycles. The summed E-state index contributed by atoms with van der Waals surface area (Å²) in [6.45, 7) is 3.27. The Morgan fingerprint density at radius 2 is 2.47 bits per heavy atom. The van der Waals surface area contributed by atoms with Crippen molar-refractivity contribution in [1.82, 2.24) is 5.32 Å². The predicted molar refractivity (Wildman–Crippen MR) is 65.1 cm³/mol. The van der Waals surface area contributed by atoms with Crippen molar-refractivity contribution >= 4 is 11.8 Å². The minimum atomic E-state index is 0.718. The molecular weight excluding hydrogens is 206 g/mol. The first-order chi connectivity index (χ1) is 7.40. The van der Waals surface area contributed by atoms with E-state index in [0.717, 1.165) is 30.0 Å². The van der Waals surface area contributed by atoms with E-state index in [1.54, 1.807) is 6.26 Å². The van der Waals surface area contributed by atoms with Crippen LogP contribution in [0.5, 0.6) is 0 Å². The van der Waals surface area contributed by atoms with Crippen molar-refractivity contribution in [2.24, 2.45) is 5.92 Å². The molecule has 1 aliphatic rings. The lowest BCUT2D eigenvalue weighted by Gasteiger charge is -2.16. The van der Waals surface area contributed by atoms with Crippen molar-refractivity contribution < 1.29 is 4.42 Å². The minimum absolute atomic E-state index is 0.718. The van der Waals surface area contributed by atoms with Gasteiger partial charge in [-0.25, -0.2) is 0 Å². The summed E-state index contributed by atoms with van der Waals surface area (Å²) in [6.07, 6.45) is 4.58. The molecule has 0 bridgehead atoms. The van der Waals surface area contributed by atoms with Gasteiger partial charge >= 0.3 is 0 Å². The highest BCUT2D eigenvalue weighted by Crippen LogP contribution is 2.34. The Kier molecular flexibility index (Phi) is 4.15. The minimum Gasteiger partial charge on any atom is -0.468 e. The van der Waals surface area contributed by atoms with E-state index in [1.165, 1.54) is 18.6 Å². The maximum atomic E-state index is 5.31. The van der Waals surface area contributed by atoms with Gasteiger partial charge in [0.15, 0.2) is 0 Å². The summed E-state index contributed by atoms with van der Waals surface area (Å²) in [5, 5.41) is 3.57. The smallest absolute Gasteiger partial charge is 0.113 e. The first-order valence-electron chi connectivity index (χ1n) is 5.73. The summed E-state index contributed by atoms with van der Waals surface area (Å²) >= 11 is 1.97. The SMILES string of the molecule is CCNC(CSCc1ccco1)C1CC1. The molecule has 0 amide bonds. The molecule has 1 aromatic heterocycles. The zero-order valence-electron chi connectivity index (χ0n) is 9.24. The lowest BCUT2D eigenvalue weighted by molar-refractivity contribution is 0.516. The summed E-state index contributed by atoms with van der Waals surface area (Å²) in [6, 6.07) is 4.72. The van der Waals surface area contributed by atoms with E-state index in [4.69, 9.17) is 4.42 Å². The molecule has 0 saturated heterocycles. The van der Waals surface area contributed by atoms with E-state index < -0.39 is 0 Å².